The number of aryl methyl sites for hydroxylation is 1. The van der Waals surface area contributed by atoms with E-state index in [4.69, 9.17) is 0 Å². The zero-order chi connectivity index (χ0) is 11.8. The predicted molar refractivity (Wildman–Crippen MR) is 71.0 cm³/mol. The van der Waals surface area contributed by atoms with Gasteiger partial charge in [0.2, 0.25) is 0 Å². The number of aromatic nitrogens is 4. The van der Waals surface area contributed by atoms with Gasteiger partial charge in [-0.1, -0.05) is 6.07 Å². The third kappa shape index (κ3) is 1.72. The minimum Gasteiger partial charge on any atom is -0.341 e. The largest absolute Gasteiger partial charge is 0.341 e. The quantitative estimate of drug-likeness (QED) is 0.680. The molecule has 0 unspecified atom stereocenters. The minimum atomic E-state index is 0.617. The number of benzene rings is 1. The third-order valence-electron chi connectivity index (χ3n) is 2.81. The van der Waals surface area contributed by atoms with Crippen LogP contribution in [-0.4, -0.2) is 19.5 Å². The van der Waals surface area contributed by atoms with Crippen LogP contribution in [0.2, 0.25) is 0 Å². The van der Waals surface area contributed by atoms with E-state index in [2.05, 4.69) is 45.8 Å². The first-order valence-electron chi connectivity index (χ1n) is 5.34. The zero-order valence-electron chi connectivity index (χ0n) is 9.38. The maximum Gasteiger partial charge on any atom is 0.116 e. The molecule has 0 fully saturated rings. The van der Waals surface area contributed by atoms with E-state index in [1.165, 1.54) is 0 Å². The van der Waals surface area contributed by atoms with Gasteiger partial charge in [-0.05, 0) is 12.1 Å². The molecule has 0 aliphatic rings. The standard InChI is InChI=1S/C12H12N4S/c1-16-7-14-9-4-8(2-3-11(9)16)10-5-13-12(6-17)15-10/h2-5,7,17H,6H2,1H3,(H,13,15). The van der Waals surface area contributed by atoms with Gasteiger partial charge in [0, 0.05) is 18.4 Å². The van der Waals surface area contributed by atoms with E-state index < -0.39 is 0 Å². The number of hydrogen-bond donors (Lipinski definition) is 2. The molecule has 0 amide bonds. The Labute approximate surface area is 104 Å². The highest BCUT2D eigenvalue weighted by atomic mass is 32.1. The van der Waals surface area contributed by atoms with Crippen molar-refractivity contribution in [1.29, 1.82) is 0 Å². The highest BCUT2D eigenvalue weighted by Crippen LogP contribution is 2.22. The van der Waals surface area contributed by atoms with Crippen LogP contribution in [0, 0.1) is 0 Å². The predicted octanol–water partition coefficient (Wildman–Crippen LogP) is 2.39. The van der Waals surface area contributed by atoms with Crippen LogP contribution in [0.5, 0.6) is 0 Å². The summed E-state index contributed by atoms with van der Waals surface area (Å²) in [4.78, 5) is 11.8. The van der Waals surface area contributed by atoms with Gasteiger partial charge in [-0.15, -0.1) is 0 Å². The maximum atomic E-state index is 4.34. The summed E-state index contributed by atoms with van der Waals surface area (Å²) in [6.07, 6.45) is 3.65. The van der Waals surface area contributed by atoms with Gasteiger partial charge < -0.3 is 9.55 Å². The second-order valence-corrected chi connectivity index (χ2v) is 4.28. The van der Waals surface area contributed by atoms with Gasteiger partial charge in [0.25, 0.3) is 0 Å². The number of aromatic amines is 1. The van der Waals surface area contributed by atoms with E-state index in [1.54, 1.807) is 0 Å². The summed E-state index contributed by atoms with van der Waals surface area (Å²) in [6, 6.07) is 6.20. The fourth-order valence-electron chi connectivity index (χ4n) is 1.89. The molecule has 0 saturated carbocycles. The van der Waals surface area contributed by atoms with E-state index in [1.807, 2.05) is 24.1 Å². The lowest BCUT2D eigenvalue weighted by Crippen LogP contribution is -1.84. The molecule has 86 valence electrons. The fraction of sp³-hybridized carbons (Fsp3) is 0.167. The van der Waals surface area contributed by atoms with Crippen molar-refractivity contribution in [2.24, 2.45) is 7.05 Å². The number of nitrogens with one attached hydrogen (secondary N) is 1. The molecular formula is C12H12N4S. The topological polar surface area (TPSA) is 46.5 Å². The van der Waals surface area contributed by atoms with Crippen LogP contribution < -0.4 is 0 Å². The Bertz CT molecular complexity index is 668. The Balaban J connectivity index is 2.11. The van der Waals surface area contributed by atoms with Gasteiger partial charge in [-0.2, -0.15) is 12.6 Å². The van der Waals surface area contributed by atoms with Crippen LogP contribution in [0.15, 0.2) is 30.7 Å². The lowest BCUT2D eigenvalue weighted by Gasteiger charge is -1.98. The first kappa shape index (κ1) is 10.4. The molecule has 2 heterocycles. The van der Waals surface area contributed by atoms with Gasteiger partial charge >= 0.3 is 0 Å². The number of H-pyrrole nitrogens is 1. The van der Waals surface area contributed by atoms with Crippen LogP contribution in [0.1, 0.15) is 5.82 Å². The van der Waals surface area contributed by atoms with E-state index >= 15 is 0 Å². The summed E-state index contributed by atoms with van der Waals surface area (Å²) in [5, 5.41) is 0. The van der Waals surface area contributed by atoms with Crippen LogP contribution in [0.3, 0.4) is 0 Å². The van der Waals surface area contributed by atoms with Crippen molar-refractivity contribution in [2.75, 3.05) is 0 Å². The fourth-order valence-corrected chi connectivity index (χ4v) is 2.05. The summed E-state index contributed by atoms with van der Waals surface area (Å²) in [7, 11) is 1.99. The van der Waals surface area contributed by atoms with Crippen molar-refractivity contribution in [3.05, 3.63) is 36.5 Å². The van der Waals surface area contributed by atoms with Crippen molar-refractivity contribution in [3.8, 4) is 11.3 Å². The second kappa shape index (κ2) is 3.92. The monoisotopic (exact) mass is 244 g/mol. The van der Waals surface area contributed by atoms with E-state index in [0.717, 1.165) is 28.1 Å². The molecule has 5 heteroatoms. The Morgan fingerprint density at radius 2 is 2.24 bits per heavy atom. The molecule has 4 nitrogen and oxygen atoms in total. The van der Waals surface area contributed by atoms with Crippen molar-refractivity contribution < 1.29 is 0 Å². The first-order chi connectivity index (χ1) is 8.28. The van der Waals surface area contributed by atoms with Crippen LogP contribution in [-0.2, 0) is 12.8 Å². The molecule has 1 aromatic carbocycles. The molecule has 2 aromatic heterocycles. The molecule has 0 radical (unpaired) electrons. The molecule has 0 aliphatic heterocycles. The normalized spacial score (nSPS) is 11.2. The van der Waals surface area contributed by atoms with E-state index in [9.17, 15) is 0 Å². The van der Waals surface area contributed by atoms with Crippen molar-refractivity contribution in [3.63, 3.8) is 0 Å². The molecule has 3 rings (SSSR count). The van der Waals surface area contributed by atoms with Crippen LogP contribution in [0.25, 0.3) is 22.3 Å². The van der Waals surface area contributed by atoms with Gasteiger partial charge in [0.05, 0.1) is 29.3 Å². The van der Waals surface area contributed by atoms with Crippen molar-refractivity contribution in [2.45, 2.75) is 5.75 Å². The number of fused-ring (bicyclic) bond motifs is 1. The molecule has 0 spiro atoms. The average molecular weight is 244 g/mol. The van der Waals surface area contributed by atoms with Crippen LogP contribution in [0.4, 0.5) is 0 Å². The molecule has 0 atom stereocenters. The number of nitrogens with zero attached hydrogens (tertiary/aromatic N) is 3. The van der Waals surface area contributed by atoms with Crippen LogP contribution >= 0.6 is 12.6 Å². The Hall–Kier alpha value is -1.75. The SMILES string of the molecule is Cn1cnc2cc(-c3cnc(CS)[nH]3)ccc21. The number of imidazole rings is 2. The van der Waals surface area contributed by atoms with Gasteiger partial charge in [-0.3, -0.25) is 0 Å². The van der Waals surface area contributed by atoms with Gasteiger partial charge in [-0.25, -0.2) is 9.97 Å². The van der Waals surface area contributed by atoms with Crippen molar-refractivity contribution >= 4 is 23.7 Å². The molecule has 0 saturated heterocycles. The molecule has 0 aliphatic carbocycles. The Kier molecular flexibility index (Phi) is 2.40. The lowest BCUT2D eigenvalue weighted by molar-refractivity contribution is 0.948. The maximum absolute atomic E-state index is 4.34. The highest BCUT2D eigenvalue weighted by molar-refractivity contribution is 7.79. The summed E-state index contributed by atoms with van der Waals surface area (Å²) >= 11 is 4.19. The molecule has 1 N–H and O–H groups in total. The number of hydrogen-bond acceptors (Lipinski definition) is 3. The van der Waals surface area contributed by atoms with Gasteiger partial charge in [0.15, 0.2) is 0 Å². The van der Waals surface area contributed by atoms with E-state index in [0.29, 0.717) is 5.75 Å². The molecule has 17 heavy (non-hydrogen) atoms. The first-order valence-corrected chi connectivity index (χ1v) is 5.97. The second-order valence-electron chi connectivity index (χ2n) is 3.96. The summed E-state index contributed by atoms with van der Waals surface area (Å²) in [6.45, 7) is 0. The Morgan fingerprint density at radius 3 is 3.00 bits per heavy atom. The molecule has 3 aromatic rings. The molecule has 0 bridgehead atoms. The summed E-state index contributed by atoms with van der Waals surface area (Å²) in [5.74, 6) is 1.50. The minimum absolute atomic E-state index is 0.617. The summed E-state index contributed by atoms with van der Waals surface area (Å²) in [5.41, 5.74) is 4.22. The zero-order valence-corrected chi connectivity index (χ0v) is 10.3. The van der Waals surface area contributed by atoms with Gasteiger partial charge in [0.1, 0.15) is 5.82 Å². The summed E-state index contributed by atoms with van der Waals surface area (Å²) < 4.78 is 2.01. The third-order valence-corrected chi connectivity index (χ3v) is 3.11. The average Bonchev–Trinajstić information content (AvgIpc) is 2.96. The lowest BCUT2D eigenvalue weighted by atomic mass is 10.1. The highest BCUT2D eigenvalue weighted by Gasteiger charge is 2.05. The van der Waals surface area contributed by atoms with E-state index in [-0.39, 0.29) is 0 Å². The van der Waals surface area contributed by atoms with Crippen molar-refractivity contribution in [1.82, 2.24) is 19.5 Å². The molecular weight excluding hydrogens is 232 g/mol. The number of rotatable bonds is 2. The smallest absolute Gasteiger partial charge is 0.116 e. The Morgan fingerprint density at radius 1 is 1.35 bits per heavy atom. The number of thiol groups is 1.